The minimum Gasteiger partial charge on any atom is -0.326 e. The van der Waals surface area contributed by atoms with Crippen molar-refractivity contribution in [2.24, 2.45) is 4.99 Å². The van der Waals surface area contributed by atoms with Crippen LogP contribution in [-0.2, 0) is 14.8 Å². The second kappa shape index (κ2) is 7.92. The van der Waals surface area contributed by atoms with Crippen LogP contribution >= 0.6 is 0 Å². The quantitative estimate of drug-likeness (QED) is 0.800. The van der Waals surface area contributed by atoms with Crippen LogP contribution in [0.4, 0.5) is 5.69 Å². The molecule has 1 aliphatic heterocycles. The molecule has 1 aliphatic rings. The number of amides is 1. The Morgan fingerprint density at radius 2 is 1.85 bits per heavy atom. The van der Waals surface area contributed by atoms with Gasteiger partial charge >= 0.3 is 0 Å². The summed E-state index contributed by atoms with van der Waals surface area (Å²) < 4.78 is 26.5. The molecule has 2 N–H and O–H groups in total. The lowest BCUT2D eigenvalue weighted by Gasteiger charge is -2.10. The molecule has 0 fully saturated rings. The number of sulfonamides is 1. The average molecular weight is 385 g/mol. The zero-order valence-corrected chi connectivity index (χ0v) is 16.2. The standard InChI is InChI=1S/C20H23N3O3S/c1-3-14(2)15-8-10-16(11-9-15)22-19(24)12-13-21-20-17-6-4-5-7-18(17)27(25,26)23-20/h4-11,14H,3,12-13H2,1-2H3,(H,21,23)(H,22,24)/t14-/m1/s1. The number of carbonyl (C=O) groups excluding carboxylic acids is 1. The predicted molar refractivity (Wildman–Crippen MR) is 107 cm³/mol. The molecule has 0 spiro atoms. The molecule has 0 aliphatic carbocycles. The molecule has 0 aromatic heterocycles. The highest BCUT2D eigenvalue weighted by Gasteiger charge is 2.29. The monoisotopic (exact) mass is 385 g/mol. The SMILES string of the molecule is CC[C@@H](C)c1ccc(NC(=O)CCN=C2NS(=O)(=O)c3ccccc32)cc1. The molecule has 0 saturated carbocycles. The highest BCUT2D eigenvalue weighted by Crippen LogP contribution is 2.22. The Labute approximate surface area is 159 Å². The van der Waals surface area contributed by atoms with Gasteiger partial charge in [0.1, 0.15) is 5.84 Å². The molecular formula is C20H23N3O3S. The van der Waals surface area contributed by atoms with Gasteiger partial charge in [0.2, 0.25) is 5.91 Å². The second-order valence-electron chi connectivity index (χ2n) is 6.56. The summed E-state index contributed by atoms with van der Waals surface area (Å²) in [5.41, 5.74) is 2.53. The van der Waals surface area contributed by atoms with Crippen molar-refractivity contribution in [2.45, 2.75) is 37.5 Å². The molecule has 1 heterocycles. The zero-order valence-electron chi connectivity index (χ0n) is 15.4. The van der Waals surface area contributed by atoms with Crippen LogP contribution in [-0.4, -0.2) is 26.7 Å². The summed E-state index contributed by atoms with van der Waals surface area (Å²) in [6, 6.07) is 14.5. The van der Waals surface area contributed by atoms with Crippen molar-refractivity contribution in [3.05, 3.63) is 59.7 Å². The van der Waals surface area contributed by atoms with Crippen LogP contribution < -0.4 is 10.0 Å². The number of carbonyl (C=O) groups is 1. The molecule has 0 bridgehead atoms. The molecule has 27 heavy (non-hydrogen) atoms. The number of fused-ring (bicyclic) bond motifs is 1. The second-order valence-corrected chi connectivity index (χ2v) is 8.21. The fraction of sp³-hybridized carbons (Fsp3) is 0.300. The van der Waals surface area contributed by atoms with Gasteiger partial charge in [-0.15, -0.1) is 0 Å². The highest BCUT2D eigenvalue weighted by molar-refractivity contribution is 7.90. The number of nitrogens with one attached hydrogen (secondary N) is 2. The Balaban J connectivity index is 1.58. The van der Waals surface area contributed by atoms with E-state index in [9.17, 15) is 13.2 Å². The molecule has 3 rings (SSSR count). The summed E-state index contributed by atoms with van der Waals surface area (Å²) in [6.07, 6.45) is 1.24. The van der Waals surface area contributed by atoms with Crippen molar-refractivity contribution in [3.8, 4) is 0 Å². The Morgan fingerprint density at radius 3 is 2.56 bits per heavy atom. The van der Waals surface area contributed by atoms with E-state index in [1.807, 2.05) is 24.3 Å². The number of amidine groups is 1. The van der Waals surface area contributed by atoms with E-state index < -0.39 is 10.0 Å². The van der Waals surface area contributed by atoms with Crippen LogP contribution in [0.3, 0.4) is 0 Å². The molecule has 0 radical (unpaired) electrons. The lowest BCUT2D eigenvalue weighted by Crippen LogP contribution is -2.23. The third kappa shape index (κ3) is 4.36. The Kier molecular flexibility index (Phi) is 5.60. The normalized spacial score (nSPS) is 17.2. The number of benzene rings is 2. The summed E-state index contributed by atoms with van der Waals surface area (Å²) in [4.78, 5) is 16.6. The van der Waals surface area contributed by atoms with Crippen molar-refractivity contribution in [2.75, 3.05) is 11.9 Å². The van der Waals surface area contributed by atoms with Crippen molar-refractivity contribution in [3.63, 3.8) is 0 Å². The maximum Gasteiger partial charge on any atom is 0.263 e. The average Bonchev–Trinajstić information content (AvgIpc) is 2.92. The molecule has 2 aromatic rings. The van der Waals surface area contributed by atoms with Gasteiger partial charge in [-0.05, 0) is 42.2 Å². The molecule has 2 aromatic carbocycles. The van der Waals surface area contributed by atoms with Crippen LogP contribution in [0.15, 0.2) is 58.4 Å². The van der Waals surface area contributed by atoms with Gasteiger partial charge in [0.25, 0.3) is 10.0 Å². The Hall–Kier alpha value is -2.67. The number of hydrogen-bond acceptors (Lipinski definition) is 4. The third-order valence-corrected chi connectivity index (χ3v) is 6.04. The summed E-state index contributed by atoms with van der Waals surface area (Å²) in [7, 11) is -3.55. The van der Waals surface area contributed by atoms with E-state index in [-0.39, 0.29) is 29.6 Å². The molecule has 7 heteroatoms. The minimum absolute atomic E-state index is 0.162. The smallest absolute Gasteiger partial charge is 0.263 e. The van der Waals surface area contributed by atoms with Gasteiger partial charge < -0.3 is 5.32 Å². The van der Waals surface area contributed by atoms with E-state index in [0.717, 1.165) is 12.1 Å². The van der Waals surface area contributed by atoms with Gasteiger partial charge in [0.05, 0.1) is 11.4 Å². The first-order chi connectivity index (χ1) is 12.9. The molecule has 0 unspecified atom stereocenters. The van der Waals surface area contributed by atoms with Gasteiger partial charge in [-0.3, -0.25) is 14.5 Å². The fourth-order valence-electron chi connectivity index (χ4n) is 2.87. The van der Waals surface area contributed by atoms with Crippen molar-refractivity contribution >= 4 is 27.5 Å². The lowest BCUT2D eigenvalue weighted by molar-refractivity contribution is -0.116. The van der Waals surface area contributed by atoms with Crippen LogP contribution in [0.5, 0.6) is 0 Å². The van der Waals surface area contributed by atoms with Gasteiger partial charge in [0.15, 0.2) is 0 Å². The van der Waals surface area contributed by atoms with E-state index in [1.165, 1.54) is 11.6 Å². The predicted octanol–water partition coefficient (Wildman–Crippen LogP) is 3.27. The maximum atomic E-state index is 12.1. The van der Waals surface area contributed by atoms with Crippen LogP contribution in [0.1, 0.15) is 43.7 Å². The van der Waals surface area contributed by atoms with E-state index in [0.29, 0.717) is 11.5 Å². The summed E-state index contributed by atoms with van der Waals surface area (Å²) in [5.74, 6) is 0.615. The molecule has 0 saturated heterocycles. The highest BCUT2D eigenvalue weighted by atomic mass is 32.2. The van der Waals surface area contributed by atoms with Crippen molar-refractivity contribution < 1.29 is 13.2 Å². The van der Waals surface area contributed by atoms with E-state index in [2.05, 4.69) is 28.9 Å². The first-order valence-electron chi connectivity index (χ1n) is 8.97. The van der Waals surface area contributed by atoms with Crippen LogP contribution in [0.25, 0.3) is 0 Å². The van der Waals surface area contributed by atoms with Crippen molar-refractivity contribution in [1.29, 1.82) is 0 Å². The molecular weight excluding hydrogens is 362 g/mol. The minimum atomic E-state index is -3.55. The first-order valence-corrected chi connectivity index (χ1v) is 10.5. The number of aliphatic imine (C=N–C) groups is 1. The fourth-order valence-corrected chi connectivity index (χ4v) is 4.13. The van der Waals surface area contributed by atoms with Crippen LogP contribution in [0.2, 0.25) is 0 Å². The van der Waals surface area contributed by atoms with Crippen molar-refractivity contribution in [1.82, 2.24) is 4.72 Å². The van der Waals surface area contributed by atoms with E-state index >= 15 is 0 Å². The van der Waals surface area contributed by atoms with Crippen LogP contribution in [0, 0.1) is 0 Å². The van der Waals surface area contributed by atoms with Gasteiger partial charge in [-0.25, -0.2) is 8.42 Å². The summed E-state index contributed by atoms with van der Waals surface area (Å²) in [6.45, 7) is 4.51. The van der Waals surface area contributed by atoms with Gasteiger partial charge in [0, 0.05) is 17.7 Å². The largest absolute Gasteiger partial charge is 0.326 e. The molecule has 1 atom stereocenters. The third-order valence-electron chi connectivity index (χ3n) is 4.65. The Morgan fingerprint density at radius 1 is 1.15 bits per heavy atom. The Bertz CT molecular complexity index is 966. The summed E-state index contributed by atoms with van der Waals surface area (Å²) >= 11 is 0. The molecule has 6 nitrogen and oxygen atoms in total. The molecule has 1 amide bonds. The zero-order chi connectivity index (χ0) is 19.4. The van der Waals surface area contributed by atoms with E-state index in [4.69, 9.17) is 0 Å². The van der Waals surface area contributed by atoms with Gasteiger partial charge in [-0.1, -0.05) is 38.1 Å². The topological polar surface area (TPSA) is 87.6 Å². The van der Waals surface area contributed by atoms with Gasteiger partial charge in [-0.2, -0.15) is 0 Å². The van der Waals surface area contributed by atoms with E-state index in [1.54, 1.807) is 18.2 Å². The number of anilines is 1. The first kappa shape index (κ1) is 19.1. The number of rotatable bonds is 6. The number of hydrogen-bond donors (Lipinski definition) is 2. The molecule has 142 valence electrons. The lowest BCUT2D eigenvalue weighted by atomic mass is 9.99. The number of nitrogens with zero attached hydrogens (tertiary/aromatic N) is 1. The maximum absolute atomic E-state index is 12.1. The summed E-state index contributed by atoms with van der Waals surface area (Å²) in [5, 5.41) is 2.84.